The molecular weight excluding hydrogens is 247 g/mol. The highest BCUT2D eigenvalue weighted by Crippen LogP contribution is 2.22. The van der Waals surface area contributed by atoms with Crippen LogP contribution in [0.25, 0.3) is 0 Å². The molecule has 1 aromatic rings. The van der Waals surface area contributed by atoms with Crippen molar-refractivity contribution >= 4 is 29.0 Å². The average molecular weight is 263 g/mol. The Morgan fingerprint density at radius 2 is 1.88 bits per heavy atom. The van der Waals surface area contributed by atoms with Gasteiger partial charge in [0.1, 0.15) is 5.02 Å². The van der Waals surface area contributed by atoms with E-state index in [1.54, 1.807) is 0 Å². The summed E-state index contributed by atoms with van der Waals surface area (Å²) in [7, 11) is 6.04. The highest BCUT2D eigenvalue weighted by atomic mass is 35.5. The van der Waals surface area contributed by atoms with E-state index in [1.165, 1.54) is 6.20 Å². The van der Waals surface area contributed by atoms with E-state index < -0.39 is 0 Å². The number of nitrogens with zero attached hydrogens (tertiary/aromatic N) is 4. The minimum Gasteiger partial charge on any atom is -0.358 e. The third kappa shape index (κ3) is 4.12. The second kappa shape index (κ2) is 6.23. The molecule has 0 aliphatic carbocycles. The van der Waals surface area contributed by atoms with Crippen LogP contribution in [0.15, 0.2) is 6.20 Å². The van der Waals surface area contributed by atoms with Crippen LogP contribution in [0.4, 0.5) is 5.82 Å². The topological polar surface area (TPSA) is 32.3 Å². The predicted molar refractivity (Wildman–Crippen MR) is 68.5 cm³/mol. The highest BCUT2D eigenvalue weighted by molar-refractivity contribution is 6.33. The van der Waals surface area contributed by atoms with Crippen LogP contribution in [-0.2, 0) is 0 Å². The van der Waals surface area contributed by atoms with Crippen molar-refractivity contribution in [2.75, 3.05) is 39.1 Å². The third-order valence-corrected chi connectivity index (χ3v) is 2.61. The fourth-order valence-electron chi connectivity index (χ4n) is 1.34. The maximum Gasteiger partial charge on any atom is 0.224 e. The van der Waals surface area contributed by atoms with Crippen LogP contribution in [0.1, 0.15) is 6.42 Å². The molecule has 0 bridgehead atoms. The average Bonchev–Trinajstić information content (AvgIpc) is 2.21. The lowest BCUT2D eigenvalue weighted by Gasteiger charge is -2.20. The molecule has 0 fully saturated rings. The van der Waals surface area contributed by atoms with Gasteiger partial charge >= 0.3 is 0 Å². The lowest BCUT2D eigenvalue weighted by Crippen LogP contribution is -2.24. The summed E-state index contributed by atoms with van der Waals surface area (Å²) in [6.45, 7) is 1.91. The largest absolute Gasteiger partial charge is 0.358 e. The van der Waals surface area contributed by atoms with Crippen molar-refractivity contribution < 1.29 is 0 Å². The molecule has 0 saturated carbocycles. The van der Waals surface area contributed by atoms with Gasteiger partial charge in [-0.15, -0.1) is 0 Å². The van der Waals surface area contributed by atoms with Crippen LogP contribution < -0.4 is 4.90 Å². The van der Waals surface area contributed by atoms with E-state index in [4.69, 9.17) is 23.2 Å². The third-order valence-electron chi connectivity index (χ3n) is 2.16. The maximum atomic E-state index is 6.00. The van der Waals surface area contributed by atoms with Crippen molar-refractivity contribution in [3.63, 3.8) is 0 Å². The molecule has 0 aliphatic rings. The van der Waals surface area contributed by atoms with Crippen molar-refractivity contribution in [2.24, 2.45) is 0 Å². The Balaban J connectivity index is 2.58. The van der Waals surface area contributed by atoms with Gasteiger partial charge in [0.05, 0.1) is 6.20 Å². The van der Waals surface area contributed by atoms with E-state index >= 15 is 0 Å². The van der Waals surface area contributed by atoms with E-state index in [1.807, 2.05) is 11.9 Å². The van der Waals surface area contributed by atoms with Gasteiger partial charge in [0.15, 0.2) is 5.82 Å². The number of rotatable bonds is 5. The van der Waals surface area contributed by atoms with Crippen LogP contribution in [0.3, 0.4) is 0 Å². The van der Waals surface area contributed by atoms with E-state index in [9.17, 15) is 0 Å². The molecule has 0 aliphatic heterocycles. The first kappa shape index (κ1) is 13.5. The molecule has 0 N–H and O–H groups in total. The minimum absolute atomic E-state index is 0.221. The maximum absolute atomic E-state index is 6.00. The molecule has 0 unspecified atom stereocenters. The molecule has 1 rings (SSSR count). The first-order chi connectivity index (χ1) is 7.50. The van der Waals surface area contributed by atoms with Crippen molar-refractivity contribution in [2.45, 2.75) is 6.42 Å². The minimum atomic E-state index is 0.221. The van der Waals surface area contributed by atoms with E-state index in [0.717, 1.165) is 19.5 Å². The smallest absolute Gasteiger partial charge is 0.224 e. The summed E-state index contributed by atoms with van der Waals surface area (Å²) >= 11 is 11.7. The van der Waals surface area contributed by atoms with Crippen molar-refractivity contribution in [1.29, 1.82) is 0 Å². The van der Waals surface area contributed by atoms with Crippen LogP contribution >= 0.6 is 23.2 Å². The first-order valence-electron chi connectivity index (χ1n) is 5.04. The zero-order chi connectivity index (χ0) is 12.1. The van der Waals surface area contributed by atoms with Gasteiger partial charge in [0.2, 0.25) is 5.28 Å². The highest BCUT2D eigenvalue weighted by Gasteiger charge is 2.09. The lowest BCUT2D eigenvalue weighted by atomic mass is 10.3. The SMILES string of the molecule is CN(C)CCCN(C)c1nc(Cl)ncc1Cl. The fourth-order valence-corrected chi connectivity index (χ4v) is 1.70. The normalized spacial score (nSPS) is 10.9. The van der Waals surface area contributed by atoms with Crippen LogP contribution in [0, 0.1) is 0 Å². The molecule has 0 atom stereocenters. The molecule has 0 amide bonds. The molecule has 0 aromatic carbocycles. The Kier molecular flexibility index (Phi) is 5.25. The van der Waals surface area contributed by atoms with E-state index in [-0.39, 0.29) is 5.28 Å². The molecule has 6 heteroatoms. The summed E-state index contributed by atoms with van der Waals surface area (Å²) in [6.07, 6.45) is 2.57. The lowest BCUT2D eigenvalue weighted by molar-refractivity contribution is 0.401. The summed E-state index contributed by atoms with van der Waals surface area (Å²) in [5, 5.41) is 0.746. The Bertz CT molecular complexity index is 344. The molecular formula is C10H16Cl2N4. The Morgan fingerprint density at radius 3 is 2.50 bits per heavy atom. The van der Waals surface area contributed by atoms with Gasteiger partial charge < -0.3 is 9.80 Å². The van der Waals surface area contributed by atoms with Crippen LogP contribution in [-0.4, -0.2) is 49.1 Å². The van der Waals surface area contributed by atoms with Gasteiger partial charge in [-0.1, -0.05) is 11.6 Å². The molecule has 1 aromatic heterocycles. The quantitative estimate of drug-likeness (QED) is 0.762. The summed E-state index contributed by atoms with van der Waals surface area (Å²) in [5.74, 6) is 0.681. The zero-order valence-corrected chi connectivity index (χ0v) is 11.3. The van der Waals surface area contributed by atoms with E-state index in [0.29, 0.717) is 10.8 Å². The summed E-state index contributed by atoms with van der Waals surface area (Å²) in [5.41, 5.74) is 0. The van der Waals surface area contributed by atoms with Crippen LogP contribution in [0.2, 0.25) is 10.3 Å². The van der Waals surface area contributed by atoms with Gasteiger partial charge in [-0.2, -0.15) is 4.98 Å². The number of halogens is 2. The zero-order valence-electron chi connectivity index (χ0n) is 9.74. The standard InChI is InChI=1S/C10H16Cl2N4/c1-15(2)5-4-6-16(3)9-8(11)7-13-10(12)14-9/h7H,4-6H2,1-3H3. The summed E-state index contributed by atoms with van der Waals surface area (Å²) in [4.78, 5) is 12.0. The predicted octanol–water partition coefficient (Wildman–Crippen LogP) is 2.17. The van der Waals surface area contributed by atoms with E-state index in [2.05, 4.69) is 29.0 Å². The van der Waals surface area contributed by atoms with Crippen molar-refractivity contribution in [3.05, 3.63) is 16.5 Å². The number of hydrogen-bond acceptors (Lipinski definition) is 4. The number of aromatic nitrogens is 2. The molecule has 16 heavy (non-hydrogen) atoms. The second-order valence-electron chi connectivity index (χ2n) is 3.89. The Labute approximate surface area is 106 Å². The van der Waals surface area contributed by atoms with Gasteiger partial charge in [0, 0.05) is 13.6 Å². The van der Waals surface area contributed by atoms with Gasteiger partial charge in [0.25, 0.3) is 0 Å². The first-order valence-corrected chi connectivity index (χ1v) is 5.80. The molecule has 0 radical (unpaired) electrons. The summed E-state index contributed by atoms with van der Waals surface area (Å²) in [6, 6.07) is 0. The summed E-state index contributed by atoms with van der Waals surface area (Å²) < 4.78 is 0. The number of hydrogen-bond donors (Lipinski definition) is 0. The monoisotopic (exact) mass is 262 g/mol. The number of anilines is 1. The Hall–Kier alpha value is -0.580. The van der Waals surface area contributed by atoms with Gasteiger partial charge in [-0.05, 0) is 38.7 Å². The van der Waals surface area contributed by atoms with Gasteiger partial charge in [-0.25, -0.2) is 4.98 Å². The molecule has 0 saturated heterocycles. The fraction of sp³-hybridized carbons (Fsp3) is 0.600. The second-order valence-corrected chi connectivity index (χ2v) is 4.63. The molecule has 0 spiro atoms. The van der Waals surface area contributed by atoms with Gasteiger partial charge in [-0.3, -0.25) is 0 Å². The molecule has 4 nitrogen and oxygen atoms in total. The Morgan fingerprint density at radius 1 is 1.19 bits per heavy atom. The van der Waals surface area contributed by atoms with Crippen LogP contribution in [0.5, 0.6) is 0 Å². The molecule has 90 valence electrons. The van der Waals surface area contributed by atoms with Crippen molar-refractivity contribution in [1.82, 2.24) is 14.9 Å². The van der Waals surface area contributed by atoms with Crippen molar-refractivity contribution in [3.8, 4) is 0 Å². The molecule has 1 heterocycles.